The van der Waals surface area contributed by atoms with Gasteiger partial charge >= 0.3 is 10.1 Å². The molecule has 4 nitrogen and oxygen atoms in total. The highest BCUT2D eigenvalue weighted by Crippen LogP contribution is 2.12. The minimum atomic E-state index is -4.21. The first-order valence-electron chi connectivity index (χ1n) is 3.58. The molecule has 1 heterocycles. The van der Waals surface area contributed by atoms with Crippen LogP contribution in [0.15, 0.2) is 36.0 Å². The predicted octanol–water partition coefficient (Wildman–Crippen LogP) is 1.48. The smallest absolute Gasteiger partial charge is 0.281 e. The summed E-state index contributed by atoms with van der Waals surface area (Å²) in [5.41, 5.74) is 0.444. The number of allylic oxidation sites excluding steroid dienone is 1. The lowest BCUT2D eigenvalue weighted by Gasteiger charge is -2.01. The van der Waals surface area contributed by atoms with Crippen molar-refractivity contribution in [2.75, 3.05) is 0 Å². The van der Waals surface area contributed by atoms with E-state index in [0.29, 0.717) is 12.0 Å². The van der Waals surface area contributed by atoms with E-state index in [4.69, 9.17) is 4.55 Å². The van der Waals surface area contributed by atoms with Gasteiger partial charge in [0.25, 0.3) is 0 Å². The van der Waals surface area contributed by atoms with Crippen LogP contribution in [0.25, 0.3) is 0 Å². The highest BCUT2D eigenvalue weighted by atomic mass is 35.5. The topological polar surface area (TPSA) is 67.3 Å². The first-order valence-corrected chi connectivity index (χ1v) is 5.02. The van der Waals surface area contributed by atoms with Crippen LogP contribution in [0.1, 0.15) is 5.56 Å². The van der Waals surface area contributed by atoms with E-state index in [0.717, 1.165) is 0 Å². The maximum atomic E-state index is 10.8. The summed E-state index contributed by atoms with van der Waals surface area (Å²) in [6, 6.07) is 3.19. The largest absolute Gasteiger partial charge is 0.312 e. The van der Waals surface area contributed by atoms with Crippen LogP contribution in [0.2, 0.25) is 0 Å². The summed E-state index contributed by atoms with van der Waals surface area (Å²) in [5.74, 6) is 0. The third kappa shape index (κ3) is 3.10. The molecular weight excluding hydrogens is 226 g/mol. The number of halogens is 1. The van der Waals surface area contributed by atoms with Crippen LogP contribution < -0.4 is 0 Å². The molecule has 14 heavy (non-hydrogen) atoms. The van der Waals surface area contributed by atoms with Gasteiger partial charge in [0, 0.05) is 6.20 Å². The van der Waals surface area contributed by atoms with E-state index < -0.39 is 10.1 Å². The Labute approximate surface area is 88.8 Å². The second-order valence-electron chi connectivity index (χ2n) is 2.44. The summed E-state index contributed by atoms with van der Waals surface area (Å²) in [6.45, 7) is 3.47. The number of rotatable bonds is 3. The van der Waals surface area contributed by atoms with Crippen molar-refractivity contribution < 1.29 is 13.0 Å². The van der Waals surface area contributed by atoms with E-state index in [1.54, 1.807) is 18.2 Å². The van der Waals surface area contributed by atoms with Gasteiger partial charge in [0.05, 0.1) is 0 Å². The molecule has 0 amide bonds. The predicted molar refractivity (Wildman–Crippen MR) is 55.2 cm³/mol. The second kappa shape index (κ2) is 5.09. The van der Waals surface area contributed by atoms with E-state index in [-0.39, 0.29) is 17.4 Å². The summed E-state index contributed by atoms with van der Waals surface area (Å²) in [6.07, 6.45) is 3.23. The summed E-state index contributed by atoms with van der Waals surface area (Å²) in [5, 5.41) is -0.296. The molecule has 0 atom stereocenters. The number of nitrogens with zero attached hydrogens (tertiary/aromatic N) is 1. The van der Waals surface area contributed by atoms with Gasteiger partial charge in [0.2, 0.25) is 0 Å². The Morgan fingerprint density at radius 3 is 2.71 bits per heavy atom. The monoisotopic (exact) mass is 235 g/mol. The van der Waals surface area contributed by atoms with Crippen LogP contribution in [-0.4, -0.2) is 18.0 Å². The Morgan fingerprint density at radius 1 is 1.57 bits per heavy atom. The maximum absolute atomic E-state index is 10.8. The Bertz CT molecular complexity index is 416. The standard InChI is InChI=1S/C8H9NO3S.ClH/c1-2-4-7-5-3-6-9-8(7)13(10,11)12;/h2-3,5-6H,1,4H2,(H,10,11,12);1H. The van der Waals surface area contributed by atoms with Gasteiger partial charge in [-0.3, -0.25) is 4.55 Å². The van der Waals surface area contributed by atoms with Gasteiger partial charge < -0.3 is 0 Å². The van der Waals surface area contributed by atoms with E-state index >= 15 is 0 Å². The van der Waals surface area contributed by atoms with Crippen molar-refractivity contribution in [1.29, 1.82) is 0 Å². The van der Waals surface area contributed by atoms with Crippen molar-refractivity contribution >= 4 is 22.5 Å². The molecule has 1 aromatic rings. The van der Waals surface area contributed by atoms with E-state index in [9.17, 15) is 8.42 Å². The maximum Gasteiger partial charge on any atom is 0.312 e. The zero-order valence-corrected chi connectivity index (χ0v) is 8.88. The summed E-state index contributed by atoms with van der Waals surface area (Å²) in [4.78, 5) is 3.58. The molecule has 0 fully saturated rings. The van der Waals surface area contributed by atoms with Crippen LogP contribution in [0, 0.1) is 0 Å². The van der Waals surface area contributed by atoms with Gasteiger partial charge in [-0.2, -0.15) is 8.42 Å². The molecule has 0 aliphatic carbocycles. The van der Waals surface area contributed by atoms with Crippen molar-refractivity contribution in [3.8, 4) is 0 Å². The van der Waals surface area contributed by atoms with Crippen molar-refractivity contribution in [2.45, 2.75) is 11.4 Å². The quantitative estimate of drug-likeness (QED) is 0.637. The molecule has 1 aromatic heterocycles. The van der Waals surface area contributed by atoms with Crippen molar-refractivity contribution in [3.63, 3.8) is 0 Å². The summed E-state index contributed by atoms with van der Waals surface area (Å²) < 4.78 is 30.3. The average molecular weight is 236 g/mol. The van der Waals surface area contributed by atoms with Crippen LogP contribution in [0.5, 0.6) is 0 Å². The number of hydrogen-bond acceptors (Lipinski definition) is 3. The van der Waals surface area contributed by atoms with Crippen molar-refractivity contribution in [2.24, 2.45) is 0 Å². The molecule has 0 aromatic carbocycles. The zero-order chi connectivity index (χ0) is 9.90. The fourth-order valence-corrected chi connectivity index (χ4v) is 1.64. The zero-order valence-electron chi connectivity index (χ0n) is 7.25. The Balaban J connectivity index is 0.00000169. The molecule has 6 heteroatoms. The molecule has 1 rings (SSSR count). The average Bonchev–Trinajstić information content (AvgIpc) is 2.04. The summed E-state index contributed by atoms with van der Waals surface area (Å²) in [7, 11) is -4.21. The molecule has 1 N–H and O–H groups in total. The van der Waals surface area contributed by atoms with Gasteiger partial charge in [-0.05, 0) is 18.1 Å². The van der Waals surface area contributed by atoms with Crippen LogP contribution in [0.3, 0.4) is 0 Å². The number of pyridine rings is 1. The Morgan fingerprint density at radius 2 is 2.21 bits per heavy atom. The minimum absolute atomic E-state index is 0. The van der Waals surface area contributed by atoms with E-state index in [1.165, 1.54) is 6.20 Å². The first-order chi connectivity index (χ1) is 6.05. The molecular formula is C8H10ClNO3S. The second-order valence-corrected chi connectivity index (χ2v) is 3.77. The minimum Gasteiger partial charge on any atom is -0.281 e. The van der Waals surface area contributed by atoms with Crippen LogP contribution >= 0.6 is 12.4 Å². The van der Waals surface area contributed by atoms with Gasteiger partial charge in [0.1, 0.15) is 0 Å². The van der Waals surface area contributed by atoms with Gasteiger partial charge in [-0.15, -0.1) is 19.0 Å². The van der Waals surface area contributed by atoms with Crippen molar-refractivity contribution in [1.82, 2.24) is 4.98 Å². The van der Waals surface area contributed by atoms with Crippen molar-refractivity contribution in [3.05, 3.63) is 36.5 Å². The number of aromatic nitrogens is 1. The molecule has 0 spiro atoms. The Hall–Kier alpha value is -0.910. The molecule has 0 radical (unpaired) electrons. The molecule has 0 saturated carbocycles. The SMILES string of the molecule is C=CCc1cccnc1S(=O)(=O)O.Cl. The normalized spacial score (nSPS) is 10.4. The van der Waals surface area contributed by atoms with Gasteiger partial charge in [-0.25, -0.2) is 4.98 Å². The highest BCUT2D eigenvalue weighted by Gasteiger charge is 2.14. The third-order valence-electron chi connectivity index (χ3n) is 1.46. The van der Waals surface area contributed by atoms with Crippen LogP contribution in [-0.2, 0) is 16.5 Å². The van der Waals surface area contributed by atoms with Gasteiger partial charge in [-0.1, -0.05) is 12.1 Å². The third-order valence-corrected chi connectivity index (χ3v) is 2.31. The lowest BCUT2D eigenvalue weighted by molar-refractivity contribution is 0.478. The first kappa shape index (κ1) is 13.1. The lowest BCUT2D eigenvalue weighted by Crippen LogP contribution is -2.05. The lowest BCUT2D eigenvalue weighted by atomic mass is 10.2. The Kier molecular flexibility index (Phi) is 4.76. The highest BCUT2D eigenvalue weighted by molar-refractivity contribution is 7.85. The molecule has 0 aliphatic rings. The number of hydrogen-bond donors (Lipinski definition) is 1. The fraction of sp³-hybridized carbons (Fsp3) is 0.125. The van der Waals surface area contributed by atoms with E-state index in [2.05, 4.69) is 11.6 Å². The molecule has 0 unspecified atom stereocenters. The summed E-state index contributed by atoms with van der Waals surface area (Å²) >= 11 is 0. The van der Waals surface area contributed by atoms with Crippen LogP contribution in [0.4, 0.5) is 0 Å². The van der Waals surface area contributed by atoms with Gasteiger partial charge in [0.15, 0.2) is 5.03 Å². The molecule has 0 bridgehead atoms. The van der Waals surface area contributed by atoms with E-state index in [1.807, 2.05) is 0 Å². The molecule has 78 valence electrons. The fourth-order valence-electron chi connectivity index (χ4n) is 0.967. The molecule has 0 aliphatic heterocycles. The molecule has 0 saturated heterocycles.